The first-order valence-corrected chi connectivity index (χ1v) is 11.5. The van der Waals surface area contributed by atoms with Crippen molar-refractivity contribution in [1.29, 1.82) is 5.26 Å². The van der Waals surface area contributed by atoms with Crippen LogP contribution < -0.4 is 21.0 Å². The van der Waals surface area contributed by atoms with Crippen LogP contribution in [0.4, 0.5) is 5.69 Å². The number of hydrogen-bond donors (Lipinski definition) is 2. The molecule has 2 rings (SSSR count). The van der Waals surface area contributed by atoms with Crippen molar-refractivity contribution < 1.29 is 9.53 Å². The summed E-state index contributed by atoms with van der Waals surface area (Å²) in [6.07, 6.45) is 0. The second kappa shape index (κ2) is 7.51. The molecule has 3 N–H and O–H groups in total. The Balaban J connectivity index is 2.18. The molecular weight excluding hydrogens is 330 g/mol. The van der Waals surface area contributed by atoms with Crippen molar-refractivity contribution in [2.24, 2.45) is 5.73 Å². The number of benzene rings is 2. The number of carbonyl (C=O) groups excluding carboxylic acids is 1. The Morgan fingerprint density at radius 2 is 1.84 bits per heavy atom. The molecule has 5 nitrogen and oxygen atoms in total. The minimum atomic E-state index is -1.62. The molecule has 0 aromatic heterocycles. The fourth-order valence-electron chi connectivity index (χ4n) is 2.55. The van der Waals surface area contributed by atoms with Gasteiger partial charge >= 0.3 is 0 Å². The van der Waals surface area contributed by atoms with Crippen molar-refractivity contribution in [3.05, 3.63) is 53.6 Å². The highest BCUT2D eigenvalue weighted by atomic mass is 28.3. The van der Waals surface area contributed by atoms with Gasteiger partial charge in [-0.25, -0.2) is 0 Å². The summed E-state index contributed by atoms with van der Waals surface area (Å²) in [6.45, 7) is 6.54. The van der Waals surface area contributed by atoms with Crippen LogP contribution in [-0.4, -0.2) is 21.1 Å². The Morgan fingerprint density at radius 1 is 1.20 bits per heavy atom. The van der Waals surface area contributed by atoms with Crippen LogP contribution in [0.2, 0.25) is 19.6 Å². The lowest BCUT2D eigenvalue weighted by molar-refractivity contribution is -0.117. The topological polar surface area (TPSA) is 88.1 Å². The van der Waals surface area contributed by atoms with Gasteiger partial charge in [0.2, 0.25) is 5.91 Å². The highest BCUT2D eigenvalue weighted by Gasteiger charge is 2.21. The van der Waals surface area contributed by atoms with Gasteiger partial charge < -0.3 is 15.8 Å². The van der Waals surface area contributed by atoms with Crippen LogP contribution in [0.3, 0.4) is 0 Å². The highest BCUT2D eigenvalue weighted by Crippen LogP contribution is 2.19. The van der Waals surface area contributed by atoms with Crippen LogP contribution in [0.1, 0.15) is 17.2 Å². The number of rotatable bonds is 5. The average molecular weight is 353 g/mol. The Hall–Kier alpha value is -2.62. The first-order valence-electron chi connectivity index (χ1n) is 8.01. The second-order valence-corrected chi connectivity index (χ2v) is 11.9. The molecule has 0 bridgehead atoms. The van der Waals surface area contributed by atoms with Gasteiger partial charge in [-0.2, -0.15) is 5.26 Å². The summed E-state index contributed by atoms with van der Waals surface area (Å²) in [5.41, 5.74) is 7.91. The maximum Gasteiger partial charge on any atom is 0.245 e. The van der Waals surface area contributed by atoms with Gasteiger partial charge in [0.1, 0.15) is 11.8 Å². The molecule has 2 aromatic carbocycles. The summed E-state index contributed by atoms with van der Waals surface area (Å²) in [6, 6.07) is 14.0. The summed E-state index contributed by atoms with van der Waals surface area (Å²) >= 11 is 0. The van der Waals surface area contributed by atoms with Gasteiger partial charge in [0.05, 0.1) is 26.8 Å². The van der Waals surface area contributed by atoms with Crippen molar-refractivity contribution in [1.82, 2.24) is 0 Å². The number of amides is 1. The number of methoxy groups -OCH3 is 1. The van der Waals surface area contributed by atoms with Gasteiger partial charge in [-0.15, -0.1) is 0 Å². The molecule has 130 valence electrons. The molecule has 0 unspecified atom stereocenters. The van der Waals surface area contributed by atoms with E-state index in [1.54, 1.807) is 37.4 Å². The predicted molar refractivity (Wildman–Crippen MR) is 103 cm³/mol. The molecule has 0 heterocycles. The van der Waals surface area contributed by atoms with Crippen molar-refractivity contribution in [2.45, 2.75) is 25.7 Å². The van der Waals surface area contributed by atoms with Crippen LogP contribution in [-0.2, 0) is 4.79 Å². The molecule has 0 aliphatic rings. The van der Waals surface area contributed by atoms with Gasteiger partial charge in [-0.3, -0.25) is 4.79 Å². The third kappa shape index (κ3) is 4.47. The monoisotopic (exact) mass is 353 g/mol. The van der Waals surface area contributed by atoms with E-state index in [1.807, 2.05) is 12.1 Å². The molecule has 0 saturated carbocycles. The molecule has 1 atom stereocenters. The normalized spacial score (nSPS) is 12.2. The van der Waals surface area contributed by atoms with E-state index in [0.29, 0.717) is 22.6 Å². The smallest absolute Gasteiger partial charge is 0.245 e. The number of nitriles is 1. The molecule has 0 radical (unpaired) electrons. The third-order valence-corrected chi connectivity index (χ3v) is 6.02. The maximum atomic E-state index is 12.4. The SMILES string of the molecule is COc1ccc([C@@H](N)C(=O)Nc2ccc([Si](C)(C)C)c(C#N)c2)cc1. The fraction of sp³-hybridized carbons (Fsp3) is 0.263. The Labute approximate surface area is 149 Å². The number of carbonyl (C=O) groups is 1. The first-order chi connectivity index (χ1) is 11.8. The summed E-state index contributed by atoms with van der Waals surface area (Å²) in [7, 11) is -0.0352. The second-order valence-electron chi connectivity index (χ2n) is 6.86. The minimum Gasteiger partial charge on any atom is -0.497 e. The fourth-order valence-corrected chi connectivity index (χ4v) is 4.07. The average Bonchev–Trinajstić information content (AvgIpc) is 2.60. The minimum absolute atomic E-state index is 0.324. The molecule has 6 heteroatoms. The quantitative estimate of drug-likeness (QED) is 0.809. The lowest BCUT2D eigenvalue weighted by Crippen LogP contribution is -2.39. The molecule has 0 spiro atoms. The van der Waals surface area contributed by atoms with E-state index in [1.165, 1.54) is 0 Å². The number of anilines is 1. The lowest BCUT2D eigenvalue weighted by atomic mass is 10.1. The summed E-state index contributed by atoms with van der Waals surface area (Å²) in [5.74, 6) is 0.381. The number of ether oxygens (including phenoxy) is 1. The van der Waals surface area contributed by atoms with Gasteiger partial charge in [0.15, 0.2) is 0 Å². The largest absolute Gasteiger partial charge is 0.497 e. The standard InChI is InChI=1S/C19H23N3O2Si/c1-24-16-8-5-13(6-9-16)18(21)19(23)22-15-7-10-17(25(2,3)4)14(11-15)12-20/h5-11,18H,21H2,1-4H3,(H,22,23)/t18-/m1/s1. The van der Waals surface area contributed by atoms with Gasteiger partial charge in [-0.05, 0) is 35.0 Å². The van der Waals surface area contributed by atoms with Crippen LogP contribution in [0.5, 0.6) is 5.75 Å². The maximum absolute atomic E-state index is 12.4. The molecule has 2 aromatic rings. The first kappa shape index (κ1) is 18.7. The van der Waals surface area contributed by atoms with Crippen molar-refractivity contribution in [2.75, 3.05) is 12.4 Å². The molecule has 0 fully saturated rings. The number of nitrogens with zero attached hydrogens (tertiary/aromatic N) is 1. The highest BCUT2D eigenvalue weighted by molar-refractivity contribution is 6.89. The Morgan fingerprint density at radius 3 is 2.36 bits per heavy atom. The molecule has 1 amide bonds. The predicted octanol–water partition coefficient (Wildman–Crippen LogP) is 2.75. The zero-order valence-corrected chi connectivity index (χ0v) is 16.0. The van der Waals surface area contributed by atoms with E-state index in [-0.39, 0.29) is 5.91 Å². The zero-order chi connectivity index (χ0) is 18.6. The van der Waals surface area contributed by atoms with Crippen LogP contribution in [0.25, 0.3) is 0 Å². The molecule has 0 aliphatic carbocycles. The summed E-state index contributed by atoms with van der Waals surface area (Å²) < 4.78 is 5.10. The Kier molecular flexibility index (Phi) is 5.62. The summed E-state index contributed by atoms with van der Waals surface area (Å²) in [5, 5.41) is 13.3. The van der Waals surface area contributed by atoms with Crippen molar-refractivity contribution in [3.63, 3.8) is 0 Å². The molecular formula is C19H23N3O2Si. The number of hydrogen-bond acceptors (Lipinski definition) is 4. The number of nitrogens with two attached hydrogens (primary N) is 1. The van der Waals surface area contributed by atoms with Crippen LogP contribution in [0, 0.1) is 11.3 Å². The van der Waals surface area contributed by atoms with Crippen LogP contribution >= 0.6 is 0 Å². The van der Waals surface area contributed by atoms with Crippen LogP contribution in [0.15, 0.2) is 42.5 Å². The third-order valence-electron chi connectivity index (χ3n) is 3.97. The molecule has 0 saturated heterocycles. The molecule has 25 heavy (non-hydrogen) atoms. The van der Waals surface area contributed by atoms with E-state index in [9.17, 15) is 10.1 Å². The molecule has 0 aliphatic heterocycles. The Bertz CT molecular complexity index is 805. The van der Waals surface area contributed by atoms with E-state index >= 15 is 0 Å². The van der Waals surface area contributed by atoms with Gasteiger partial charge in [-0.1, -0.05) is 37.8 Å². The van der Waals surface area contributed by atoms with E-state index < -0.39 is 14.1 Å². The van der Waals surface area contributed by atoms with Crippen molar-refractivity contribution >= 4 is 24.9 Å². The van der Waals surface area contributed by atoms with E-state index in [2.05, 4.69) is 31.0 Å². The zero-order valence-electron chi connectivity index (χ0n) is 15.0. The number of nitrogens with one attached hydrogen (secondary N) is 1. The van der Waals surface area contributed by atoms with Gasteiger partial charge in [0, 0.05) is 5.69 Å². The van der Waals surface area contributed by atoms with Gasteiger partial charge in [0.25, 0.3) is 0 Å². The lowest BCUT2D eigenvalue weighted by Gasteiger charge is -2.19. The summed E-state index contributed by atoms with van der Waals surface area (Å²) in [4.78, 5) is 12.4. The van der Waals surface area contributed by atoms with E-state index in [0.717, 1.165) is 5.19 Å². The van der Waals surface area contributed by atoms with E-state index in [4.69, 9.17) is 10.5 Å². The van der Waals surface area contributed by atoms with Crippen molar-refractivity contribution in [3.8, 4) is 11.8 Å².